The molecular weight excluding hydrogens is 298 g/mol. The van der Waals surface area contributed by atoms with Gasteiger partial charge in [0.05, 0.1) is 12.5 Å². The first-order valence-corrected chi connectivity index (χ1v) is 8.20. The third-order valence-electron chi connectivity index (χ3n) is 3.44. The Bertz CT molecular complexity index is 605. The van der Waals surface area contributed by atoms with Crippen molar-refractivity contribution in [3.8, 4) is 0 Å². The molecule has 2 rings (SSSR count). The molecule has 1 saturated heterocycles. The first kappa shape index (κ1) is 15.8. The lowest BCUT2D eigenvalue weighted by Crippen LogP contribution is -2.43. The summed E-state index contributed by atoms with van der Waals surface area (Å²) in [7, 11) is -3.82. The Balaban J connectivity index is 2.23. The molecule has 1 aliphatic heterocycles. The number of rotatable bonds is 4. The number of nitrogens with two attached hydrogens (primary N) is 1. The highest BCUT2D eigenvalue weighted by atomic mass is 32.2. The second kappa shape index (κ2) is 6.02. The van der Waals surface area contributed by atoms with Crippen LogP contribution in [0.2, 0.25) is 0 Å². The quantitative estimate of drug-likeness (QED) is 0.805. The first-order valence-electron chi connectivity index (χ1n) is 6.76. The van der Waals surface area contributed by atoms with Crippen LogP contribution in [-0.2, 0) is 19.6 Å². The fourth-order valence-corrected chi connectivity index (χ4v) is 4.14. The van der Waals surface area contributed by atoms with E-state index in [0.717, 1.165) is 0 Å². The molecule has 1 aromatic heterocycles. The first-order chi connectivity index (χ1) is 9.87. The minimum atomic E-state index is -3.82. The molecule has 2 N–H and O–H groups in total. The number of hydrogen-bond acceptors (Lipinski definition) is 7. The van der Waals surface area contributed by atoms with Crippen LogP contribution in [-0.4, -0.2) is 43.5 Å². The topological polar surface area (TPSA) is 116 Å². The van der Waals surface area contributed by atoms with E-state index in [1.165, 1.54) is 11.2 Å². The second-order valence-electron chi connectivity index (χ2n) is 4.91. The van der Waals surface area contributed by atoms with Gasteiger partial charge >= 0.3 is 5.97 Å². The summed E-state index contributed by atoms with van der Waals surface area (Å²) in [5, 5.41) is 3.47. The van der Waals surface area contributed by atoms with Crippen molar-refractivity contribution < 1.29 is 22.5 Å². The zero-order valence-electron chi connectivity index (χ0n) is 12.0. The molecule has 0 unspecified atom stereocenters. The molecule has 1 aromatic rings. The van der Waals surface area contributed by atoms with Crippen LogP contribution in [0, 0.1) is 12.8 Å². The van der Waals surface area contributed by atoms with Gasteiger partial charge in [-0.05, 0) is 26.7 Å². The summed E-state index contributed by atoms with van der Waals surface area (Å²) in [6.45, 7) is 3.91. The van der Waals surface area contributed by atoms with Gasteiger partial charge in [0.2, 0.25) is 10.0 Å². The van der Waals surface area contributed by atoms with Crippen molar-refractivity contribution in [1.29, 1.82) is 0 Å². The summed E-state index contributed by atoms with van der Waals surface area (Å²) in [6, 6.07) is 0. The Morgan fingerprint density at radius 3 is 2.86 bits per heavy atom. The number of nitrogens with zero attached hydrogens (tertiary/aromatic N) is 2. The van der Waals surface area contributed by atoms with E-state index in [1.807, 2.05) is 0 Å². The summed E-state index contributed by atoms with van der Waals surface area (Å²) in [5.74, 6) is -0.834. The normalized spacial score (nSPS) is 20.4. The number of carbonyl (C=O) groups excluding carboxylic acids is 1. The molecule has 0 bridgehead atoms. The molecule has 0 saturated carbocycles. The molecule has 1 fully saturated rings. The van der Waals surface area contributed by atoms with Gasteiger partial charge in [-0.1, -0.05) is 5.16 Å². The number of esters is 1. The number of ether oxygens (including phenoxy) is 1. The van der Waals surface area contributed by atoms with Crippen molar-refractivity contribution in [1.82, 2.24) is 9.46 Å². The van der Waals surface area contributed by atoms with Crippen LogP contribution in [0.15, 0.2) is 9.42 Å². The third kappa shape index (κ3) is 3.03. The van der Waals surface area contributed by atoms with Crippen molar-refractivity contribution in [3.63, 3.8) is 0 Å². The Morgan fingerprint density at radius 2 is 2.29 bits per heavy atom. The number of aryl methyl sites for hydroxylation is 1. The Labute approximate surface area is 123 Å². The van der Waals surface area contributed by atoms with Gasteiger partial charge in [0, 0.05) is 13.1 Å². The van der Waals surface area contributed by atoms with Crippen molar-refractivity contribution in [2.24, 2.45) is 5.92 Å². The summed E-state index contributed by atoms with van der Waals surface area (Å²) < 4.78 is 36.2. The van der Waals surface area contributed by atoms with E-state index in [0.29, 0.717) is 19.4 Å². The summed E-state index contributed by atoms with van der Waals surface area (Å²) in [5.41, 5.74) is 5.57. The molecule has 8 nitrogen and oxygen atoms in total. The van der Waals surface area contributed by atoms with Crippen LogP contribution < -0.4 is 5.73 Å². The lowest BCUT2D eigenvalue weighted by Gasteiger charge is -2.30. The lowest BCUT2D eigenvalue weighted by molar-refractivity contribution is -0.149. The van der Waals surface area contributed by atoms with Gasteiger partial charge in [0.25, 0.3) is 0 Å². The molecule has 2 heterocycles. The molecular formula is C12H19N3O5S. The molecule has 0 aliphatic carbocycles. The number of carbonyl (C=O) groups is 1. The minimum absolute atomic E-state index is 0.0885. The zero-order chi connectivity index (χ0) is 15.6. The molecule has 0 spiro atoms. The molecule has 1 aliphatic rings. The maximum Gasteiger partial charge on any atom is 0.310 e. The fourth-order valence-electron chi connectivity index (χ4n) is 2.44. The SMILES string of the molecule is CCOC(=O)[C@H]1CCCN(S(=O)(=O)c2c(N)noc2C)C1. The molecule has 1 atom stereocenters. The van der Waals surface area contributed by atoms with Gasteiger partial charge in [0.15, 0.2) is 16.5 Å². The van der Waals surface area contributed by atoms with Crippen molar-refractivity contribution in [2.75, 3.05) is 25.4 Å². The van der Waals surface area contributed by atoms with E-state index in [9.17, 15) is 13.2 Å². The Kier molecular flexibility index (Phi) is 4.52. The zero-order valence-corrected chi connectivity index (χ0v) is 12.9. The molecule has 0 radical (unpaired) electrons. The van der Waals surface area contributed by atoms with Crippen molar-refractivity contribution in [2.45, 2.75) is 31.6 Å². The summed E-state index contributed by atoms with van der Waals surface area (Å²) in [6.07, 6.45) is 1.20. The van der Waals surface area contributed by atoms with Gasteiger partial charge in [-0.2, -0.15) is 4.31 Å². The van der Waals surface area contributed by atoms with Crippen LogP contribution in [0.5, 0.6) is 0 Å². The van der Waals surface area contributed by atoms with Gasteiger partial charge in [-0.3, -0.25) is 4.79 Å². The number of aromatic nitrogens is 1. The molecule has 9 heteroatoms. The number of sulfonamides is 1. The maximum atomic E-state index is 12.6. The van der Waals surface area contributed by atoms with E-state index in [2.05, 4.69) is 5.16 Å². The summed E-state index contributed by atoms with van der Waals surface area (Å²) in [4.78, 5) is 11.7. The van der Waals surface area contributed by atoms with Gasteiger partial charge in [0.1, 0.15) is 0 Å². The van der Waals surface area contributed by atoms with Gasteiger partial charge in [-0.25, -0.2) is 8.42 Å². The monoisotopic (exact) mass is 317 g/mol. The van der Waals surface area contributed by atoms with E-state index in [1.54, 1.807) is 6.92 Å². The van der Waals surface area contributed by atoms with E-state index in [4.69, 9.17) is 15.0 Å². The van der Waals surface area contributed by atoms with Crippen LogP contribution in [0.25, 0.3) is 0 Å². The Hall–Kier alpha value is -1.61. The third-order valence-corrected chi connectivity index (χ3v) is 5.46. The molecule has 21 heavy (non-hydrogen) atoms. The number of anilines is 1. The second-order valence-corrected chi connectivity index (χ2v) is 6.78. The van der Waals surface area contributed by atoms with Gasteiger partial charge in [-0.15, -0.1) is 0 Å². The molecule has 118 valence electrons. The standard InChI is InChI=1S/C12H19N3O5S/c1-3-19-12(16)9-5-4-6-15(7-9)21(17,18)10-8(2)20-14-11(10)13/h9H,3-7H2,1-2H3,(H2,13,14)/t9-/m0/s1. The van der Waals surface area contributed by atoms with Crippen LogP contribution in [0.4, 0.5) is 5.82 Å². The fraction of sp³-hybridized carbons (Fsp3) is 0.667. The smallest absolute Gasteiger partial charge is 0.310 e. The predicted octanol–water partition coefficient (Wildman–Crippen LogP) is 0.529. The van der Waals surface area contributed by atoms with Crippen LogP contribution >= 0.6 is 0 Å². The maximum absolute atomic E-state index is 12.6. The van der Waals surface area contributed by atoms with Crippen molar-refractivity contribution >= 4 is 21.8 Å². The average Bonchev–Trinajstić information content (AvgIpc) is 2.79. The molecule has 0 amide bonds. The van der Waals surface area contributed by atoms with E-state index >= 15 is 0 Å². The lowest BCUT2D eigenvalue weighted by atomic mass is 10.0. The minimum Gasteiger partial charge on any atom is -0.466 e. The van der Waals surface area contributed by atoms with E-state index < -0.39 is 15.9 Å². The largest absolute Gasteiger partial charge is 0.466 e. The Morgan fingerprint density at radius 1 is 1.57 bits per heavy atom. The highest BCUT2D eigenvalue weighted by molar-refractivity contribution is 7.89. The number of hydrogen-bond donors (Lipinski definition) is 1. The predicted molar refractivity (Wildman–Crippen MR) is 73.8 cm³/mol. The highest BCUT2D eigenvalue weighted by Gasteiger charge is 2.37. The summed E-state index contributed by atoms with van der Waals surface area (Å²) >= 11 is 0. The number of piperidine rings is 1. The van der Waals surface area contributed by atoms with Crippen molar-refractivity contribution in [3.05, 3.63) is 5.76 Å². The van der Waals surface area contributed by atoms with E-state index in [-0.39, 0.29) is 35.6 Å². The highest BCUT2D eigenvalue weighted by Crippen LogP contribution is 2.29. The van der Waals surface area contributed by atoms with Crippen LogP contribution in [0.3, 0.4) is 0 Å². The average molecular weight is 317 g/mol. The number of nitrogen functional groups attached to an aromatic ring is 1. The van der Waals surface area contributed by atoms with Gasteiger partial charge < -0.3 is 15.0 Å². The van der Waals surface area contributed by atoms with Crippen LogP contribution in [0.1, 0.15) is 25.5 Å². The molecule has 0 aromatic carbocycles.